The molecule has 0 unspecified atom stereocenters. The molecule has 94 valence electrons. The lowest BCUT2D eigenvalue weighted by Crippen LogP contribution is -2.15. The molecule has 0 radical (unpaired) electrons. The summed E-state index contributed by atoms with van der Waals surface area (Å²) in [4.78, 5) is 11.2. The zero-order valence-electron chi connectivity index (χ0n) is 9.93. The van der Waals surface area contributed by atoms with Gasteiger partial charge in [0.05, 0.1) is 12.2 Å². The van der Waals surface area contributed by atoms with E-state index in [2.05, 4.69) is 26.2 Å². The molecule has 0 bridgehead atoms. The van der Waals surface area contributed by atoms with Crippen molar-refractivity contribution in [2.75, 3.05) is 0 Å². The molecule has 0 spiro atoms. The van der Waals surface area contributed by atoms with Crippen LogP contribution in [0.3, 0.4) is 0 Å². The average molecular weight is 309 g/mol. The van der Waals surface area contributed by atoms with E-state index in [4.69, 9.17) is 5.73 Å². The summed E-state index contributed by atoms with van der Waals surface area (Å²) in [5, 5.41) is 7.83. The number of carbonyl (C=O) groups is 1. The van der Waals surface area contributed by atoms with Gasteiger partial charge in [-0.15, -0.1) is 5.10 Å². The van der Waals surface area contributed by atoms with Crippen molar-refractivity contribution >= 4 is 21.8 Å². The molecule has 18 heavy (non-hydrogen) atoms. The maximum atomic E-state index is 11.2. The number of benzene rings is 1. The van der Waals surface area contributed by atoms with E-state index in [1.165, 1.54) is 0 Å². The number of primary amides is 1. The molecule has 2 N–H and O–H groups in total. The van der Waals surface area contributed by atoms with Gasteiger partial charge in [-0.3, -0.25) is 4.79 Å². The molecule has 0 saturated heterocycles. The monoisotopic (exact) mass is 308 g/mol. The topological polar surface area (TPSA) is 73.8 Å². The molecule has 1 amide bonds. The molecule has 1 aromatic carbocycles. The van der Waals surface area contributed by atoms with Gasteiger partial charge in [0.15, 0.2) is 5.69 Å². The van der Waals surface area contributed by atoms with Crippen molar-refractivity contribution in [2.45, 2.75) is 19.9 Å². The summed E-state index contributed by atoms with van der Waals surface area (Å²) in [5.74, 6) is -0.537. The highest BCUT2D eigenvalue weighted by Gasteiger charge is 2.16. The molecule has 5 nitrogen and oxygen atoms in total. The van der Waals surface area contributed by atoms with Crippen LogP contribution >= 0.6 is 15.9 Å². The highest BCUT2D eigenvalue weighted by atomic mass is 79.9. The SMILES string of the molecule is CCc1c(C(N)=O)nnn1Cc1ccccc1Br. The largest absolute Gasteiger partial charge is 0.364 e. The third-order valence-electron chi connectivity index (χ3n) is 2.68. The molecule has 0 aliphatic rings. The van der Waals surface area contributed by atoms with E-state index in [-0.39, 0.29) is 5.69 Å². The Morgan fingerprint density at radius 2 is 2.17 bits per heavy atom. The first-order valence-electron chi connectivity index (χ1n) is 5.59. The van der Waals surface area contributed by atoms with Crippen LogP contribution in [0.5, 0.6) is 0 Å². The van der Waals surface area contributed by atoms with E-state index in [1.54, 1.807) is 4.68 Å². The lowest BCUT2D eigenvalue weighted by molar-refractivity contribution is 0.0994. The zero-order chi connectivity index (χ0) is 13.1. The normalized spacial score (nSPS) is 10.6. The average Bonchev–Trinajstić information content (AvgIpc) is 2.75. The number of aromatic nitrogens is 3. The Bertz CT molecular complexity index is 579. The summed E-state index contributed by atoms with van der Waals surface area (Å²) in [6.45, 7) is 2.51. The number of nitrogens with zero attached hydrogens (tertiary/aromatic N) is 3. The molecule has 0 fully saturated rings. The van der Waals surface area contributed by atoms with Crippen molar-refractivity contribution in [1.82, 2.24) is 15.0 Å². The van der Waals surface area contributed by atoms with Crippen LogP contribution in [-0.4, -0.2) is 20.9 Å². The molecule has 2 aromatic rings. The second-order valence-corrected chi connectivity index (χ2v) is 4.71. The molecule has 0 aliphatic carbocycles. The first kappa shape index (κ1) is 12.8. The molecule has 0 aliphatic heterocycles. The third-order valence-corrected chi connectivity index (χ3v) is 3.46. The van der Waals surface area contributed by atoms with Gasteiger partial charge in [-0.25, -0.2) is 4.68 Å². The molecule has 0 saturated carbocycles. The summed E-state index contributed by atoms with van der Waals surface area (Å²) in [5.41, 5.74) is 7.36. The van der Waals surface area contributed by atoms with Gasteiger partial charge in [0.1, 0.15) is 0 Å². The van der Waals surface area contributed by atoms with Crippen LogP contribution in [0.2, 0.25) is 0 Å². The molecular formula is C12H13BrN4O. The standard InChI is InChI=1S/C12H13BrN4O/c1-2-10-11(12(14)18)15-16-17(10)7-8-5-3-4-6-9(8)13/h3-6H,2,7H2,1H3,(H2,14,18). The van der Waals surface area contributed by atoms with Crippen molar-refractivity contribution in [3.8, 4) is 0 Å². The maximum Gasteiger partial charge on any atom is 0.271 e. The fourth-order valence-corrected chi connectivity index (χ4v) is 2.20. The number of halogens is 1. The van der Waals surface area contributed by atoms with Gasteiger partial charge in [0.2, 0.25) is 0 Å². The smallest absolute Gasteiger partial charge is 0.271 e. The summed E-state index contributed by atoms with van der Waals surface area (Å²) in [7, 11) is 0. The van der Waals surface area contributed by atoms with Crippen LogP contribution in [0.15, 0.2) is 28.7 Å². The van der Waals surface area contributed by atoms with Gasteiger partial charge < -0.3 is 5.73 Å². The zero-order valence-corrected chi connectivity index (χ0v) is 11.5. The van der Waals surface area contributed by atoms with Crippen molar-refractivity contribution < 1.29 is 4.79 Å². The van der Waals surface area contributed by atoms with Crippen molar-refractivity contribution in [3.05, 3.63) is 45.7 Å². The van der Waals surface area contributed by atoms with Gasteiger partial charge in [-0.2, -0.15) is 0 Å². The summed E-state index contributed by atoms with van der Waals surface area (Å²) >= 11 is 3.48. The van der Waals surface area contributed by atoms with Gasteiger partial charge in [-0.05, 0) is 18.1 Å². The second-order valence-electron chi connectivity index (χ2n) is 3.85. The highest BCUT2D eigenvalue weighted by Crippen LogP contribution is 2.18. The van der Waals surface area contributed by atoms with Gasteiger partial charge in [0, 0.05) is 4.47 Å². The molecular weight excluding hydrogens is 296 g/mol. The quantitative estimate of drug-likeness (QED) is 0.935. The number of rotatable bonds is 4. The van der Waals surface area contributed by atoms with Gasteiger partial charge >= 0.3 is 0 Å². The van der Waals surface area contributed by atoms with E-state index in [9.17, 15) is 4.79 Å². The minimum atomic E-state index is -0.537. The fraction of sp³-hybridized carbons (Fsp3) is 0.250. The minimum Gasteiger partial charge on any atom is -0.364 e. The predicted molar refractivity (Wildman–Crippen MR) is 71.2 cm³/mol. The Kier molecular flexibility index (Phi) is 3.76. The van der Waals surface area contributed by atoms with E-state index in [0.29, 0.717) is 13.0 Å². The Balaban J connectivity index is 2.35. The lowest BCUT2D eigenvalue weighted by atomic mass is 10.2. The van der Waals surface area contributed by atoms with Crippen LogP contribution in [0.25, 0.3) is 0 Å². The van der Waals surface area contributed by atoms with Crippen LogP contribution in [0.1, 0.15) is 28.7 Å². The van der Waals surface area contributed by atoms with Crippen LogP contribution < -0.4 is 5.73 Å². The van der Waals surface area contributed by atoms with Crippen molar-refractivity contribution in [3.63, 3.8) is 0 Å². The Morgan fingerprint density at radius 3 is 2.78 bits per heavy atom. The van der Waals surface area contributed by atoms with Crippen molar-refractivity contribution in [1.29, 1.82) is 0 Å². The Morgan fingerprint density at radius 1 is 1.44 bits per heavy atom. The van der Waals surface area contributed by atoms with E-state index in [1.807, 2.05) is 31.2 Å². The summed E-state index contributed by atoms with van der Waals surface area (Å²) < 4.78 is 2.71. The summed E-state index contributed by atoms with van der Waals surface area (Å²) in [6.07, 6.45) is 0.662. The molecule has 0 atom stereocenters. The number of amides is 1. The number of nitrogens with two attached hydrogens (primary N) is 1. The first-order valence-corrected chi connectivity index (χ1v) is 6.38. The third kappa shape index (κ3) is 2.43. The molecule has 6 heteroatoms. The predicted octanol–water partition coefficient (Wildman–Crippen LogP) is 1.75. The minimum absolute atomic E-state index is 0.254. The Labute approximate surface area is 113 Å². The number of hydrogen-bond donors (Lipinski definition) is 1. The second kappa shape index (κ2) is 5.30. The van der Waals surface area contributed by atoms with Crippen LogP contribution in [0.4, 0.5) is 0 Å². The highest BCUT2D eigenvalue weighted by molar-refractivity contribution is 9.10. The van der Waals surface area contributed by atoms with Gasteiger partial charge in [-0.1, -0.05) is 46.3 Å². The first-order chi connectivity index (χ1) is 8.63. The van der Waals surface area contributed by atoms with Crippen LogP contribution in [-0.2, 0) is 13.0 Å². The van der Waals surface area contributed by atoms with Crippen molar-refractivity contribution in [2.24, 2.45) is 5.73 Å². The van der Waals surface area contributed by atoms with Crippen LogP contribution in [0, 0.1) is 0 Å². The number of hydrogen-bond acceptors (Lipinski definition) is 3. The number of carbonyl (C=O) groups excluding carboxylic acids is 1. The van der Waals surface area contributed by atoms with E-state index in [0.717, 1.165) is 15.7 Å². The fourth-order valence-electron chi connectivity index (χ4n) is 1.79. The maximum absolute atomic E-state index is 11.2. The molecule has 1 aromatic heterocycles. The lowest BCUT2D eigenvalue weighted by Gasteiger charge is -2.07. The van der Waals surface area contributed by atoms with E-state index >= 15 is 0 Å². The molecule has 1 heterocycles. The summed E-state index contributed by atoms with van der Waals surface area (Å²) in [6, 6.07) is 7.87. The van der Waals surface area contributed by atoms with E-state index < -0.39 is 5.91 Å². The Hall–Kier alpha value is -1.69. The van der Waals surface area contributed by atoms with Gasteiger partial charge in [0.25, 0.3) is 5.91 Å². The molecule has 2 rings (SSSR count).